The fourth-order valence-corrected chi connectivity index (χ4v) is 3.48. The van der Waals surface area contributed by atoms with Crippen LogP contribution in [0, 0.1) is 18.8 Å². The van der Waals surface area contributed by atoms with E-state index in [1.807, 2.05) is 0 Å². The van der Waals surface area contributed by atoms with Crippen molar-refractivity contribution in [3.8, 4) is 0 Å². The van der Waals surface area contributed by atoms with Crippen molar-refractivity contribution in [2.24, 2.45) is 17.6 Å². The minimum Gasteiger partial charge on any atom is -0.370 e. The number of aryl methyl sites for hydroxylation is 1. The average molecular weight is 376 g/mol. The van der Waals surface area contributed by atoms with Crippen molar-refractivity contribution in [3.05, 3.63) is 29.8 Å². The molecule has 0 radical (unpaired) electrons. The fourth-order valence-electron chi connectivity index (χ4n) is 3.48. The number of rotatable bonds is 7. The predicted molar refractivity (Wildman–Crippen MR) is 106 cm³/mol. The second-order valence-corrected chi connectivity index (χ2v) is 6.19. The van der Waals surface area contributed by atoms with Gasteiger partial charge < -0.3 is 16.0 Å². The molecular formula is C18H31Cl2N3O. The van der Waals surface area contributed by atoms with Gasteiger partial charge in [0.25, 0.3) is 0 Å². The summed E-state index contributed by atoms with van der Waals surface area (Å²) in [6.45, 7) is 7.37. The average Bonchev–Trinajstić information content (AvgIpc) is 3.01. The summed E-state index contributed by atoms with van der Waals surface area (Å²) in [4.78, 5) is 14.6. The van der Waals surface area contributed by atoms with Crippen LogP contribution < -0.4 is 16.0 Å². The number of carbonyl (C=O) groups excluding carboxylic acids is 1. The number of hydrogen-bond acceptors (Lipinski definition) is 3. The first-order valence-electron chi connectivity index (χ1n) is 8.45. The lowest BCUT2D eigenvalue weighted by molar-refractivity contribution is -0.125. The SMILES string of the molecule is CCN(CCNC(=O)[C@@H]1CCC[C@@H]1CN)c1ccccc1C.Cl.Cl. The Bertz CT molecular complexity index is 499. The van der Waals surface area contributed by atoms with Gasteiger partial charge >= 0.3 is 0 Å². The third kappa shape index (κ3) is 5.83. The van der Waals surface area contributed by atoms with Crippen LogP contribution in [0.4, 0.5) is 5.69 Å². The number of nitrogens with zero attached hydrogens (tertiary/aromatic N) is 1. The van der Waals surface area contributed by atoms with Gasteiger partial charge in [-0.2, -0.15) is 0 Å². The van der Waals surface area contributed by atoms with Gasteiger partial charge in [-0.1, -0.05) is 24.6 Å². The standard InChI is InChI=1S/C18H29N3O.2ClH/c1-3-21(17-10-5-4-7-14(17)2)12-11-20-18(22)16-9-6-8-15(16)13-19;;/h4-5,7,10,15-16H,3,6,8-9,11-13,19H2,1-2H3,(H,20,22);2*1H/t15-,16-;;/m1../s1. The van der Waals surface area contributed by atoms with Crippen LogP contribution in [0.1, 0.15) is 31.7 Å². The number of likely N-dealkylation sites (N-methyl/N-ethyl adjacent to an activating group) is 1. The van der Waals surface area contributed by atoms with Gasteiger partial charge in [0.1, 0.15) is 0 Å². The summed E-state index contributed by atoms with van der Waals surface area (Å²) in [7, 11) is 0. The van der Waals surface area contributed by atoms with E-state index in [9.17, 15) is 4.79 Å². The smallest absolute Gasteiger partial charge is 0.223 e. The van der Waals surface area contributed by atoms with Gasteiger partial charge in [0, 0.05) is 31.2 Å². The number of carbonyl (C=O) groups is 1. The van der Waals surface area contributed by atoms with Gasteiger partial charge in [-0.05, 0) is 50.8 Å². The molecule has 138 valence electrons. The van der Waals surface area contributed by atoms with Gasteiger partial charge in [-0.15, -0.1) is 24.8 Å². The van der Waals surface area contributed by atoms with Crippen molar-refractivity contribution >= 4 is 36.4 Å². The summed E-state index contributed by atoms with van der Waals surface area (Å²) in [6.07, 6.45) is 3.21. The highest BCUT2D eigenvalue weighted by molar-refractivity contribution is 5.85. The maximum Gasteiger partial charge on any atom is 0.223 e. The zero-order valence-electron chi connectivity index (χ0n) is 14.7. The molecule has 0 aromatic heterocycles. The number of hydrogen-bond donors (Lipinski definition) is 2. The Morgan fingerprint density at radius 3 is 2.62 bits per heavy atom. The first-order valence-corrected chi connectivity index (χ1v) is 8.45. The molecule has 0 spiro atoms. The van der Waals surface area contributed by atoms with Crippen molar-refractivity contribution in [2.75, 3.05) is 31.1 Å². The number of benzene rings is 1. The molecule has 2 rings (SSSR count). The van der Waals surface area contributed by atoms with E-state index < -0.39 is 0 Å². The van der Waals surface area contributed by atoms with Gasteiger partial charge in [0.2, 0.25) is 5.91 Å². The third-order valence-electron chi connectivity index (χ3n) is 4.82. The molecule has 0 bridgehead atoms. The molecule has 0 unspecified atom stereocenters. The second kappa shape index (κ2) is 11.6. The first-order chi connectivity index (χ1) is 10.7. The summed E-state index contributed by atoms with van der Waals surface area (Å²) in [5.74, 6) is 0.686. The van der Waals surface area contributed by atoms with Crippen LogP contribution in [0.5, 0.6) is 0 Å². The number of amides is 1. The minimum absolute atomic E-state index is 0. The van der Waals surface area contributed by atoms with E-state index in [1.54, 1.807) is 0 Å². The van der Waals surface area contributed by atoms with Crippen molar-refractivity contribution in [1.82, 2.24) is 5.32 Å². The van der Waals surface area contributed by atoms with Gasteiger partial charge in [0.05, 0.1) is 0 Å². The summed E-state index contributed by atoms with van der Waals surface area (Å²) < 4.78 is 0. The molecule has 24 heavy (non-hydrogen) atoms. The highest BCUT2D eigenvalue weighted by Crippen LogP contribution is 2.30. The summed E-state index contributed by atoms with van der Waals surface area (Å²) in [5, 5.41) is 3.11. The van der Waals surface area contributed by atoms with Crippen molar-refractivity contribution in [3.63, 3.8) is 0 Å². The molecule has 1 aliphatic rings. The van der Waals surface area contributed by atoms with E-state index in [0.717, 1.165) is 32.4 Å². The predicted octanol–water partition coefficient (Wildman–Crippen LogP) is 3.16. The molecule has 1 saturated carbocycles. The Labute approximate surface area is 158 Å². The summed E-state index contributed by atoms with van der Waals surface area (Å²) in [6, 6.07) is 8.39. The zero-order valence-corrected chi connectivity index (χ0v) is 16.3. The second-order valence-electron chi connectivity index (χ2n) is 6.19. The molecule has 1 aromatic carbocycles. The Morgan fingerprint density at radius 2 is 2.00 bits per heavy atom. The monoisotopic (exact) mass is 375 g/mol. The van der Waals surface area contributed by atoms with Crippen molar-refractivity contribution in [1.29, 1.82) is 0 Å². The van der Waals surface area contributed by atoms with Crippen molar-refractivity contribution in [2.45, 2.75) is 33.1 Å². The quantitative estimate of drug-likeness (QED) is 0.769. The van der Waals surface area contributed by atoms with E-state index in [2.05, 4.69) is 48.3 Å². The molecule has 1 fully saturated rings. The fraction of sp³-hybridized carbons (Fsp3) is 0.611. The van der Waals surface area contributed by atoms with Crippen LogP contribution in [0.25, 0.3) is 0 Å². The Kier molecular flexibility index (Phi) is 11.1. The third-order valence-corrected chi connectivity index (χ3v) is 4.82. The molecule has 0 saturated heterocycles. The topological polar surface area (TPSA) is 58.4 Å². The molecule has 4 nitrogen and oxygen atoms in total. The largest absolute Gasteiger partial charge is 0.370 e. The molecule has 6 heteroatoms. The molecular weight excluding hydrogens is 345 g/mol. The lowest BCUT2D eigenvalue weighted by atomic mass is 9.95. The summed E-state index contributed by atoms with van der Waals surface area (Å²) in [5.41, 5.74) is 8.29. The van der Waals surface area contributed by atoms with Crippen LogP contribution in [-0.4, -0.2) is 32.1 Å². The molecule has 1 aliphatic carbocycles. The molecule has 1 amide bonds. The molecule has 2 atom stereocenters. The number of nitrogens with two attached hydrogens (primary N) is 1. The van der Waals surface area contributed by atoms with Gasteiger partial charge in [0.15, 0.2) is 0 Å². The van der Waals surface area contributed by atoms with Gasteiger partial charge in [-0.3, -0.25) is 4.79 Å². The number of nitrogens with one attached hydrogen (secondary N) is 1. The number of halogens is 2. The highest BCUT2D eigenvalue weighted by atomic mass is 35.5. The maximum atomic E-state index is 12.3. The first kappa shape index (κ1) is 23.0. The van der Waals surface area contributed by atoms with Crippen LogP contribution in [0.3, 0.4) is 0 Å². The molecule has 3 N–H and O–H groups in total. The Hall–Kier alpha value is -0.970. The molecule has 0 heterocycles. The molecule has 1 aromatic rings. The Morgan fingerprint density at radius 1 is 1.29 bits per heavy atom. The van der Waals surface area contributed by atoms with Crippen LogP contribution >= 0.6 is 24.8 Å². The lowest BCUT2D eigenvalue weighted by Gasteiger charge is -2.25. The number of anilines is 1. The maximum absolute atomic E-state index is 12.3. The highest BCUT2D eigenvalue weighted by Gasteiger charge is 2.31. The number of para-hydroxylation sites is 1. The zero-order chi connectivity index (χ0) is 15.9. The van der Waals surface area contributed by atoms with Crippen LogP contribution in [0.15, 0.2) is 24.3 Å². The van der Waals surface area contributed by atoms with E-state index in [1.165, 1.54) is 11.3 Å². The van der Waals surface area contributed by atoms with E-state index >= 15 is 0 Å². The van der Waals surface area contributed by atoms with E-state index in [-0.39, 0.29) is 36.6 Å². The Balaban J connectivity index is 0.00000264. The lowest BCUT2D eigenvalue weighted by Crippen LogP contribution is -2.39. The normalized spacial score (nSPS) is 19.1. The van der Waals surface area contributed by atoms with E-state index in [0.29, 0.717) is 19.0 Å². The van der Waals surface area contributed by atoms with E-state index in [4.69, 9.17) is 5.73 Å². The summed E-state index contributed by atoms with van der Waals surface area (Å²) >= 11 is 0. The molecule has 0 aliphatic heterocycles. The van der Waals surface area contributed by atoms with Crippen molar-refractivity contribution < 1.29 is 4.79 Å². The van der Waals surface area contributed by atoms with Gasteiger partial charge in [-0.25, -0.2) is 0 Å². The minimum atomic E-state index is 0. The van der Waals surface area contributed by atoms with Crippen LogP contribution in [0.2, 0.25) is 0 Å². The van der Waals surface area contributed by atoms with Crippen LogP contribution in [-0.2, 0) is 4.79 Å².